The molecule has 13 heavy (non-hydrogen) atoms. The van der Waals surface area contributed by atoms with Crippen LogP contribution in [-0.4, -0.2) is 35.2 Å². The van der Waals surface area contributed by atoms with Crippen LogP contribution in [-0.2, 0) is 23.9 Å². The van der Waals surface area contributed by atoms with Crippen molar-refractivity contribution in [2.45, 2.75) is 19.4 Å². The molecule has 0 aliphatic heterocycles. The lowest BCUT2D eigenvalue weighted by atomic mass is 10.3. The van der Waals surface area contributed by atoms with E-state index in [1.807, 2.05) is 0 Å². The zero-order valence-corrected chi connectivity index (χ0v) is 6.85. The van der Waals surface area contributed by atoms with Crippen molar-refractivity contribution in [2.75, 3.05) is 0 Å². The van der Waals surface area contributed by atoms with Gasteiger partial charge in [-0.2, -0.15) is 0 Å². The van der Waals surface area contributed by atoms with E-state index in [9.17, 15) is 19.2 Å². The highest BCUT2D eigenvalue weighted by Crippen LogP contribution is 1.96. The highest BCUT2D eigenvalue weighted by molar-refractivity contribution is 6.32. The summed E-state index contributed by atoms with van der Waals surface area (Å²) in [5.74, 6) is -3.37. The first-order valence-electron chi connectivity index (χ1n) is 3.36. The minimum absolute atomic E-state index is 0.162. The Kier molecular flexibility index (Phi) is 4.36. The van der Waals surface area contributed by atoms with E-state index >= 15 is 0 Å². The number of carbonyl (C=O) groups is 4. The molecular weight excluding hydrogens is 180 g/mol. The van der Waals surface area contributed by atoms with E-state index in [4.69, 9.17) is 5.11 Å². The Morgan fingerprint density at radius 3 is 2.31 bits per heavy atom. The average Bonchev–Trinajstić information content (AvgIpc) is 2.02. The Labute approximate surface area is 73.5 Å². The number of hydrogen-bond acceptors (Lipinski definition) is 5. The van der Waals surface area contributed by atoms with Crippen LogP contribution in [0.4, 0.5) is 0 Å². The van der Waals surface area contributed by atoms with Gasteiger partial charge in [-0.15, -0.1) is 0 Å². The standard InChI is InChI=1S/C7H8O6/c1-4(9)7(12)13-5(3-8)2-6(10)11/h3,5H,2H2,1H3,(H,10,11). The first-order chi connectivity index (χ1) is 5.97. The van der Waals surface area contributed by atoms with Gasteiger partial charge < -0.3 is 9.84 Å². The lowest BCUT2D eigenvalue weighted by Crippen LogP contribution is -2.26. The van der Waals surface area contributed by atoms with Gasteiger partial charge in [0.15, 0.2) is 12.4 Å². The fourth-order valence-electron chi connectivity index (χ4n) is 0.510. The largest absolute Gasteiger partial charge is 0.481 e. The maximum atomic E-state index is 10.6. The molecule has 1 unspecified atom stereocenters. The molecule has 6 heteroatoms. The van der Waals surface area contributed by atoms with E-state index < -0.39 is 30.2 Å². The molecule has 0 fully saturated rings. The van der Waals surface area contributed by atoms with E-state index in [0.29, 0.717) is 0 Å². The molecule has 0 amide bonds. The van der Waals surface area contributed by atoms with Gasteiger partial charge in [0, 0.05) is 6.92 Å². The van der Waals surface area contributed by atoms with Gasteiger partial charge in [0.05, 0.1) is 6.42 Å². The Hall–Kier alpha value is -1.72. The van der Waals surface area contributed by atoms with Crippen LogP contribution >= 0.6 is 0 Å². The molecule has 0 aliphatic rings. The summed E-state index contributed by atoms with van der Waals surface area (Å²) in [7, 11) is 0. The van der Waals surface area contributed by atoms with Gasteiger partial charge in [-0.25, -0.2) is 4.79 Å². The first-order valence-corrected chi connectivity index (χ1v) is 3.36. The van der Waals surface area contributed by atoms with E-state index in [-0.39, 0.29) is 6.29 Å². The van der Waals surface area contributed by atoms with Crippen LogP contribution in [0.25, 0.3) is 0 Å². The fraction of sp³-hybridized carbons (Fsp3) is 0.429. The van der Waals surface area contributed by atoms with E-state index in [1.54, 1.807) is 0 Å². The number of aldehydes is 1. The van der Waals surface area contributed by atoms with Crippen molar-refractivity contribution < 1.29 is 29.0 Å². The second-order valence-electron chi connectivity index (χ2n) is 2.23. The molecule has 0 rings (SSSR count). The number of carboxylic acids is 1. The van der Waals surface area contributed by atoms with Gasteiger partial charge in [-0.1, -0.05) is 0 Å². The summed E-state index contributed by atoms with van der Waals surface area (Å²) in [6.07, 6.45) is -1.87. The number of carbonyl (C=O) groups excluding carboxylic acids is 3. The molecule has 72 valence electrons. The van der Waals surface area contributed by atoms with E-state index in [1.165, 1.54) is 0 Å². The van der Waals surface area contributed by atoms with Crippen molar-refractivity contribution in [1.82, 2.24) is 0 Å². The van der Waals surface area contributed by atoms with Crippen molar-refractivity contribution in [2.24, 2.45) is 0 Å². The van der Waals surface area contributed by atoms with Gasteiger partial charge >= 0.3 is 11.9 Å². The summed E-state index contributed by atoms with van der Waals surface area (Å²) in [6, 6.07) is 0. The topological polar surface area (TPSA) is 97.7 Å². The molecule has 0 saturated heterocycles. The minimum Gasteiger partial charge on any atom is -0.481 e. The second-order valence-corrected chi connectivity index (χ2v) is 2.23. The summed E-state index contributed by atoms with van der Waals surface area (Å²) >= 11 is 0. The summed E-state index contributed by atoms with van der Waals surface area (Å²) in [5.41, 5.74) is 0. The predicted molar refractivity (Wildman–Crippen MR) is 38.9 cm³/mol. The van der Waals surface area contributed by atoms with Gasteiger partial charge in [0.25, 0.3) is 0 Å². The van der Waals surface area contributed by atoms with E-state index in [2.05, 4.69) is 4.74 Å². The predicted octanol–water partition coefficient (Wildman–Crippen LogP) is -0.839. The summed E-state index contributed by atoms with van der Waals surface area (Å²) in [5, 5.41) is 8.23. The van der Waals surface area contributed by atoms with Gasteiger partial charge in [-0.05, 0) is 0 Å². The molecule has 0 heterocycles. The molecule has 0 aromatic heterocycles. The molecule has 0 bridgehead atoms. The highest BCUT2D eigenvalue weighted by Gasteiger charge is 2.19. The maximum Gasteiger partial charge on any atom is 0.375 e. The Morgan fingerprint density at radius 1 is 1.46 bits per heavy atom. The quantitative estimate of drug-likeness (QED) is 0.343. The van der Waals surface area contributed by atoms with Crippen LogP contribution in [0.1, 0.15) is 13.3 Å². The summed E-state index contributed by atoms with van der Waals surface area (Å²) < 4.78 is 4.23. The smallest absolute Gasteiger partial charge is 0.375 e. The number of carboxylic acid groups (broad SMARTS) is 1. The number of rotatable bonds is 5. The third-order valence-electron chi connectivity index (χ3n) is 1.07. The maximum absolute atomic E-state index is 10.6. The average molecular weight is 188 g/mol. The number of esters is 1. The Balaban J connectivity index is 4.13. The Morgan fingerprint density at radius 2 is 2.00 bits per heavy atom. The van der Waals surface area contributed by atoms with Crippen molar-refractivity contribution in [1.29, 1.82) is 0 Å². The molecule has 0 radical (unpaired) electrons. The zero-order valence-electron chi connectivity index (χ0n) is 6.85. The number of ketones is 1. The van der Waals surface area contributed by atoms with Crippen molar-refractivity contribution in [3.8, 4) is 0 Å². The lowest BCUT2D eigenvalue weighted by Gasteiger charge is -2.07. The highest BCUT2D eigenvalue weighted by atomic mass is 16.6. The van der Waals surface area contributed by atoms with Crippen LogP contribution < -0.4 is 0 Å². The molecule has 0 aromatic carbocycles. The third kappa shape index (κ3) is 4.67. The van der Waals surface area contributed by atoms with Gasteiger partial charge in [0.2, 0.25) is 5.78 Å². The van der Waals surface area contributed by atoms with Crippen molar-refractivity contribution in [3.05, 3.63) is 0 Å². The van der Waals surface area contributed by atoms with E-state index in [0.717, 1.165) is 6.92 Å². The minimum atomic E-state index is -1.39. The van der Waals surface area contributed by atoms with Crippen LogP contribution in [0.2, 0.25) is 0 Å². The lowest BCUT2D eigenvalue weighted by molar-refractivity contribution is -0.160. The molecule has 1 N–H and O–H groups in total. The summed E-state index contributed by atoms with van der Waals surface area (Å²) in [4.78, 5) is 41.1. The number of aliphatic carboxylic acids is 1. The zero-order chi connectivity index (χ0) is 10.4. The molecule has 6 nitrogen and oxygen atoms in total. The number of Topliss-reactive ketones (excluding diaryl/α,β-unsaturated/α-hetero) is 1. The van der Waals surface area contributed by atoms with Crippen LogP contribution in [0.3, 0.4) is 0 Å². The fourth-order valence-corrected chi connectivity index (χ4v) is 0.510. The molecule has 0 aromatic rings. The van der Waals surface area contributed by atoms with Crippen LogP contribution in [0, 0.1) is 0 Å². The third-order valence-corrected chi connectivity index (χ3v) is 1.07. The molecular formula is C7H8O6. The number of hydrogen-bond donors (Lipinski definition) is 1. The van der Waals surface area contributed by atoms with Gasteiger partial charge in [-0.3, -0.25) is 14.4 Å². The molecule has 0 aliphatic carbocycles. The van der Waals surface area contributed by atoms with Crippen molar-refractivity contribution in [3.63, 3.8) is 0 Å². The van der Waals surface area contributed by atoms with Gasteiger partial charge in [0.1, 0.15) is 0 Å². The van der Waals surface area contributed by atoms with Crippen molar-refractivity contribution >= 4 is 24.0 Å². The SMILES string of the molecule is CC(=O)C(=O)OC(C=O)CC(=O)O. The first kappa shape index (κ1) is 11.3. The number of ether oxygens (including phenoxy) is 1. The molecule has 0 saturated carbocycles. The normalized spacial score (nSPS) is 11.5. The summed E-state index contributed by atoms with van der Waals surface area (Å²) in [6.45, 7) is 0.963. The monoisotopic (exact) mass is 188 g/mol. The van der Waals surface area contributed by atoms with Crippen LogP contribution in [0.15, 0.2) is 0 Å². The molecule has 1 atom stereocenters. The Bertz CT molecular complexity index is 243. The second kappa shape index (κ2) is 5.02. The molecule has 0 spiro atoms. The van der Waals surface area contributed by atoms with Crippen LogP contribution in [0.5, 0.6) is 0 Å².